The first-order valence-corrected chi connectivity index (χ1v) is 35.1. The summed E-state index contributed by atoms with van der Waals surface area (Å²) in [6, 6.07) is 0. The lowest BCUT2D eigenvalue weighted by Crippen LogP contribution is -2.68. The Morgan fingerprint density at radius 1 is 0.520 bits per heavy atom. The molecular weight excluding hydrogens is 1300 g/mol. The molecule has 11 rings (SSSR count). The molecule has 564 valence electrons. The van der Waals surface area contributed by atoms with E-state index in [1.54, 1.807) is 0 Å². The predicted octanol–water partition coefficient (Wildman–Crippen LogP) is -3.76. The van der Waals surface area contributed by atoms with E-state index in [2.05, 4.69) is 41.5 Å². The molecule has 0 unspecified atom stereocenters. The molecule has 38 atom stereocenters. The van der Waals surface area contributed by atoms with Crippen LogP contribution in [-0.4, -0.2) is 325 Å². The number of ether oxygens (including phenoxy) is 14. The Hall–Kier alpha value is -1.95. The van der Waals surface area contributed by atoms with Gasteiger partial charge in [-0.3, -0.25) is 4.79 Å². The Morgan fingerprint density at radius 3 is 1.49 bits per heavy atom. The van der Waals surface area contributed by atoms with Crippen molar-refractivity contribution in [3.05, 3.63) is 11.6 Å². The maximum Gasteiger partial charge on any atom is 0.316 e. The van der Waals surface area contributed by atoms with E-state index in [0.29, 0.717) is 38.0 Å². The van der Waals surface area contributed by atoms with Crippen molar-refractivity contribution in [2.75, 3.05) is 47.3 Å². The average Bonchev–Trinajstić information content (AvgIpc) is 1.46. The van der Waals surface area contributed by atoms with E-state index in [0.717, 1.165) is 31.3 Å². The molecule has 7 aliphatic heterocycles. The Kier molecular flexibility index (Phi) is 23.4. The molecule has 31 heteroatoms. The number of allylic oxidation sites excluding steroid dienone is 1. The predicted molar refractivity (Wildman–Crippen MR) is 330 cm³/mol. The largest absolute Gasteiger partial charge is 0.459 e. The van der Waals surface area contributed by atoms with E-state index < -0.39 is 250 Å². The zero-order valence-corrected chi connectivity index (χ0v) is 57.5. The minimum Gasteiger partial charge on any atom is -0.459 e. The highest BCUT2D eigenvalue weighted by Gasteiger charge is 2.79. The first-order valence-electron chi connectivity index (χ1n) is 35.1. The van der Waals surface area contributed by atoms with Crippen LogP contribution in [0.15, 0.2) is 11.6 Å². The third kappa shape index (κ3) is 12.9. The van der Waals surface area contributed by atoms with E-state index in [1.165, 1.54) is 21.1 Å². The lowest BCUT2D eigenvalue weighted by atomic mass is 9.39. The van der Waals surface area contributed by atoms with E-state index >= 15 is 0 Å². The van der Waals surface area contributed by atoms with Gasteiger partial charge in [0.1, 0.15) is 145 Å². The standard InChI is InChI=1S/C67H110O31/c1-26(2)12-11-17-66(8)37-16-19-65(7)28-13-14-36-63(4,5)29(15-18-64(36,6)30(28)20-38(72)67(37,65)62(84)98-66)51-56(43(77)35(25-87-51)93-58-48(82)54(41(75)33(23-70)89-58)95-59-46(80)52(85-9)39(73)31(21-68)90-59)97-57-45(79)44(78)50(27(3)88-57)94-61-49(83)55(42(76)34(24-71)92-61)96-60-47(81)53(86-10)40(74)32(22-69)91-60/h20,26-29,31-61,68-83H,11-19,21-25H2,1-10H3/t27-,28-,29-,31-,32-,33-,34-,35-,36+,37-,38+,39-,40-,41-,42-,43+,44-,45-,46-,47-,48-,49-,50-,51+,52+,53+,54+,55+,56-,57+,58+,59+,60+,61+,64-,65+,66+,67+/m1/s1. The summed E-state index contributed by atoms with van der Waals surface area (Å²) in [5.41, 5.74) is -2.58. The highest BCUT2D eigenvalue weighted by molar-refractivity contribution is 5.84. The second-order valence-electron chi connectivity index (χ2n) is 31.3. The van der Waals surface area contributed by atoms with Gasteiger partial charge in [-0.15, -0.1) is 0 Å². The smallest absolute Gasteiger partial charge is 0.316 e. The van der Waals surface area contributed by atoms with Crippen molar-refractivity contribution in [1.29, 1.82) is 0 Å². The summed E-state index contributed by atoms with van der Waals surface area (Å²) < 4.78 is 84.2. The van der Waals surface area contributed by atoms with E-state index in [9.17, 15) is 86.5 Å². The Bertz CT molecular complexity index is 2720. The summed E-state index contributed by atoms with van der Waals surface area (Å²) in [4.78, 5) is 14.7. The molecule has 0 aromatic heterocycles. The lowest BCUT2D eigenvalue weighted by Gasteiger charge is -2.65. The molecule has 7 saturated heterocycles. The molecule has 0 radical (unpaired) electrons. The van der Waals surface area contributed by atoms with Crippen LogP contribution in [0.5, 0.6) is 0 Å². The van der Waals surface area contributed by atoms with Crippen LogP contribution in [-0.2, 0) is 71.1 Å². The second kappa shape index (κ2) is 29.8. The molecule has 98 heavy (non-hydrogen) atoms. The summed E-state index contributed by atoms with van der Waals surface area (Å²) in [6.07, 6.45) is -40.6. The molecule has 11 aliphatic rings. The molecule has 0 amide bonds. The summed E-state index contributed by atoms with van der Waals surface area (Å²) in [7, 11) is 2.38. The van der Waals surface area contributed by atoms with E-state index in [1.807, 2.05) is 13.0 Å². The number of carbonyl (C=O) groups excluding carboxylic acids is 1. The Morgan fingerprint density at radius 2 is 0.990 bits per heavy atom. The van der Waals surface area contributed by atoms with E-state index in [4.69, 9.17) is 66.3 Å². The molecule has 3 saturated carbocycles. The number of methoxy groups -OCH3 is 2. The zero-order chi connectivity index (χ0) is 71.4. The topological polar surface area (TPSA) is 470 Å². The number of aliphatic hydroxyl groups excluding tert-OH is 16. The van der Waals surface area contributed by atoms with Gasteiger partial charge in [0.15, 0.2) is 31.5 Å². The van der Waals surface area contributed by atoms with Crippen LogP contribution >= 0.6 is 0 Å². The quantitative estimate of drug-likeness (QED) is 0.0388. The maximum absolute atomic E-state index is 14.7. The first-order chi connectivity index (χ1) is 46.3. The van der Waals surface area contributed by atoms with Crippen molar-refractivity contribution < 1.29 is 153 Å². The molecule has 16 N–H and O–H groups in total. The number of esters is 1. The summed E-state index contributed by atoms with van der Waals surface area (Å²) in [5.74, 6) is -0.656. The molecule has 0 aromatic carbocycles. The van der Waals surface area contributed by atoms with Crippen LogP contribution in [0.25, 0.3) is 0 Å². The molecule has 0 aromatic rings. The third-order valence-corrected chi connectivity index (χ3v) is 25.2. The second-order valence-corrected chi connectivity index (χ2v) is 31.3. The summed E-state index contributed by atoms with van der Waals surface area (Å²) in [5, 5.41) is 181. The minimum absolute atomic E-state index is 0.0547. The highest BCUT2D eigenvalue weighted by atomic mass is 16.8. The van der Waals surface area contributed by atoms with Crippen LogP contribution in [0.4, 0.5) is 0 Å². The van der Waals surface area contributed by atoms with Gasteiger partial charge in [0, 0.05) is 20.1 Å². The molecule has 31 nitrogen and oxygen atoms in total. The number of hydrogen-bond donors (Lipinski definition) is 16. The fraction of sp³-hybridized carbons (Fsp3) is 0.955. The van der Waals surface area contributed by atoms with Crippen LogP contribution in [0, 0.1) is 51.2 Å². The van der Waals surface area contributed by atoms with Gasteiger partial charge in [-0.1, -0.05) is 59.6 Å². The average molecular weight is 1410 g/mol. The number of fused-ring (bicyclic) bond motifs is 4. The SMILES string of the molecule is CO[C@@H]1[C@@H](O)[C@H](O[C@@H]2[C@@H](O)[C@H](O[C@H]3[C@H](O)[C@@H](O)[C@H](O[C@@H]4[C@@H](O)[C@H](O[C@@H]5O[C@H](CO)[C@@H](O)[C@H](O[C@@H]6O[C@H](CO)[C@@H](O)[C@H](OC)[C@H]6O)[C@H]5O)CO[C@H]4[C@H]4CC[C@]5(C)C6=C[C@H](O)[C@]78C(=O)O[C@@](C)(CCCC(C)C)[C@H]7CC[C@@]8(C)[C@@H]6CC[C@H]5C4(C)C)O[C@@H]3C)O[C@H](CO)[C@H]2O)O[C@H](CO)[C@H]1O. The van der Waals surface area contributed by atoms with Gasteiger partial charge < -0.3 is 148 Å². The fourth-order valence-electron chi connectivity index (χ4n) is 19.9. The normalized spacial score (nSPS) is 53.3. The van der Waals surface area contributed by atoms with Crippen molar-refractivity contribution in [1.82, 2.24) is 0 Å². The molecule has 10 fully saturated rings. The number of rotatable bonds is 21. The van der Waals surface area contributed by atoms with Gasteiger partial charge in [0.25, 0.3) is 0 Å². The fourth-order valence-corrected chi connectivity index (χ4v) is 19.9. The van der Waals surface area contributed by atoms with Crippen LogP contribution in [0.3, 0.4) is 0 Å². The van der Waals surface area contributed by atoms with Crippen molar-refractivity contribution in [3.63, 3.8) is 0 Å². The summed E-state index contributed by atoms with van der Waals surface area (Å²) in [6.45, 7) is 12.8. The molecule has 4 aliphatic carbocycles. The minimum atomic E-state index is -2.04. The van der Waals surface area contributed by atoms with Gasteiger partial charge in [0.2, 0.25) is 0 Å². The number of aliphatic hydroxyl groups is 16. The van der Waals surface area contributed by atoms with Gasteiger partial charge in [-0.05, 0) is 105 Å². The number of hydrogen-bond acceptors (Lipinski definition) is 31. The molecule has 7 heterocycles. The van der Waals surface area contributed by atoms with E-state index in [-0.39, 0.29) is 23.7 Å². The van der Waals surface area contributed by atoms with Crippen molar-refractivity contribution in [2.24, 2.45) is 51.2 Å². The van der Waals surface area contributed by atoms with Crippen LogP contribution < -0.4 is 0 Å². The third-order valence-electron chi connectivity index (χ3n) is 25.2. The van der Waals surface area contributed by atoms with Gasteiger partial charge in [-0.2, -0.15) is 0 Å². The van der Waals surface area contributed by atoms with Crippen LogP contribution in [0.1, 0.15) is 113 Å². The highest BCUT2D eigenvalue weighted by Crippen LogP contribution is 2.76. The van der Waals surface area contributed by atoms with Crippen molar-refractivity contribution >= 4 is 5.97 Å². The lowest BCUT2D eigenvalue weighted by molar-refractivity contribution is -0.388. The number of cyclic esters (lactones) is 1. The van der Waals surface area contributed by atoms with Gasteiger partial charge in [0.05, 0.1) is 51.3 Å². The Balaban J connectivity index is 0.859. The molecule has 0 bridgehead atoms. The maximum atomic E-state index is 14.7. The van der Waals surface area contributed by atoms with Gasteiger partial charge in [-0.25, -0.2) is 0 Å². The van der Waals surface area contributed by atoms with Gasteiger partial charge >= 0.3 is 5.97 Å². The molecular formula is C67H110O31. The van der Waals surface area contributed by atoms with Crippen molar-refractivity contribution in [3.8, 4) is 0 Å². The van der Waals surface area contributed by atoms with Crippen LogP contribution in [0.2, 0.25) is 0 Å². The first kappa shape index (κ1) is 77.2. The molecule has 1 spiro atoms. The Labute approximate surface area is 570 Å². The summed E-state index contributed by atoms with van der Waals surface area (Å²) >= 11 is 0. The zero-order valence-electron chi connectivity index (χ0n) is 57.5. The van der Waals surface area contributed by atoms with Crippen molar-refractivity contribution in [2.45, 2.75) is 303 Å². The monoisotopic (exact) mass is 1410 g/mol. The number of carbonyl (C=O) groups is 1.